The lowest BCUT2D eigenvalue weighted by Crippen LogP contribution is -2.41. The van der Waals surface area contributed by atoms with Crippen LogP contribution in [0.5, 0.6) is 0 Å². The van der Waals surface area contributed by atoms with Crippen LogP contribution in [0.4, 0.5) is 8.78 Å². The lowest BCUT2D eigenvalue weighted by atomic mass is 10.3. The monoisotopic (exact) mass is 321 g/mol. The van der Waals surface area contributed by atoms with Gasteiger partial charge in [0.1, 0.15) is 6.54 Å². The summed E-state index contributed by atoms with van der Waals surface area (Å²) in [6.07, 6.45) is 0. The molecule has 0 aliphatic carbocycles. The van der Waals surface area contributed by atoms with Crippen LogP contribution >= 0.6 is 0 Å². The van der Waals surface area contributed by atoms with Gasteiger partial charge in [-0.15, -0.1) is 0 Å². The number of nitrogens with zero attached hydrogens (tertiary/aromatic N) is 1. The summed E-state index contributed by atoms with van der Waals surface area (Å²) in [5.41, 5.74) is 0. The highest BCUT2D eigenvalue weighted by Crippen LogP contribution is 2.20. The summed E-state index contributed by atoms with van der Waals surface area (Å²) >= 11 is 0. The van der Waals surface area contributed by atoms with Crippen molar-refractivity contribution in [1.82, 2.24) is 4.31 Å². The number of rotatable bonds is 6. The van der Waals surface area contributed by atoms with Crippen molar-refractivity contribution in [1.29, 1.82) is 0 Å². The molecule has 118 valence electrons. The van der Waals surface area contributed by atoms with Gasteiger partial charge in [-0.3, -0.25) is 4.79 Å². The number of sulfonamides is 1. The number of ether oxygens (including phenoxy) is 1. The summed E-state index contributed by atoms with van der Waals surface area (Å²) in [7, 11) is -4.13. The molecule has 0 bridgehead atoms. The maximum atomic E-state index is 13.2. The molecule has 0 N–H and O–H groups in total. The van der Waals surface area contributed by atoms with E-state index < -0.39 is 45.1 Å². The number of benzene rings is 1. The molecule has 21 heavy (non-hydrogen) atoms. The molecule has 5 nitrogen and oxygen atoms in total. The van der Waals surface area contributed by atoms with Crippen molar-refractivity contribution in [3.63, 3.8) is 0 Å². The lowest BCUT2D eigenvalue weighted by Gasteiger charge is -2.24. The van der Waals surface area contributed by atoms with Crippen LogP contribution in [0.25, 0.3) is 0 Å². The highest BCUT2D eigenvalue weighted by Gasteiger charge is 2.30. The zero-order chi connectivity index (χ0) is 16.2. The van der Waals surface area contributed by atoms with Crippen LogP contribution in [0.1, 0.15) is 20.8 Å². The summed E-state index contributed by atoms with van der Waals surface area (Å²) in [5.74, 6) is -3.12. The SMILES string of the molecule is CCOC(=O)CN(C(C)C)S(=O)(=O)c1ccc(F)c(F)c1. The third kappa shape index (κ3) is 4.21. The van der Waals surface area contributed by atoms with E-state index >= 15 is 0 Å². The Morgan fingerprint density at radius 3 is 2.38 bits per heavy atom. The van der Waals surface area contributed by atoms with Crippen LogP contribution in [-0.4, -0.2) is 37.9 Å². The third-order valence-electron chi connectivity index (χ3n) is 2.66. The van der Waals surface area contributed by atoms with Crippen LogP contribution in [0, 0.1) is 11.6 Å². The predicted molar refractivity (Wildman–Crippen MR) is 72.0 cm³/mol. The second kappa shape index (κ2) is 6.95. The topological polar surface area (TPSA) is 63.7 Å². The Morgan fingerprint density at radius 1 is 1.29 bits per heavy atom. The zero-order valence-corrected chi connectivity index (χ0v) is 12.8. The number of halogens is 2. The average Bonchev–Trinajstić information content (AvgIpc) is 2.38. The van der Waals surface area contributed by atoms with E-state index in [0.29, 0.717) is 6.07 Å². The smallest absolute Gasteiger partial charge is 0.321 e. The highest BCUT2D eigenvalue weighted by atomic mass is 32.2. The van der Waals surface area contributed by atoms with Crippen LogP contribution < -0.4 is 0 Å². The van der Waals surface area contributed by atoms with Crippen LogP contribution in [0.15, 0.2) is 23.1 Å². The highest BCUT2D eigenvalue weighted by molar-refractivity contribution is 7.89. The van der Waals surface area contributed by atoms with Crippen molar-refractivity contribution >= 4 is 16.0 Å². The zero-order valence-electron chi connectivity index (χ0n) is 12.0. The van der Waals surface area contributed by atoms with Gasteiger partial charge in [0.15, 0.2) is 11.6 Å². The first-order valence-electron chi connectivity index (χ1n) is 6.32. The fourth-order valence-electron chi connectivity index (χ4n) is 1.65. The van der Waals surface area contributed by atoms with Gasteiger partial charge >= 0.3 is 5.97 Å². The summed E-state index contributed by atoms with van der Waals surface area (Å²) in [6.45, 7) is 4.36. The average molecular weight is 321 g/mol. The van der Waals surface area contributed by atoms with E-state index in [9.17, 15) is 22.0 Å². The molecule has 0 aliphatic rings. The van der Waals surface area contributed by atoms with Gasteiger partial charge in [-0.05, 0) is 39.0 Å². The molecular formula is C13H17F2NO4S. The Labute approximate surface area is 122 Å². The summed E-state index contributed by atoms with van der Waals surface area (Å²) < 4.78 is 56.5. The van der Waals surface area contributed by atoms with E-state index in [2.05, 4.69) is 0 Å². The largest absolute Gasteiger partial charge is 0.465 e. The Bertz CT molecular complexity index is 617. The van der Waals surface area contributed by atoms with Gasteiger partial charge in [-0.2, -0.15) is 4.31 Å². The molecule has 1 rings (SSSR count). The molecule has 0 saturated carbocycles. The van der Waals surface area contributed by atoms with Gasteiger partial charge < -0.3 is 4.74 Å². The molecule has 1 aromatic carbocycles. The fourth-order valence-corrected chi connectivity index (χ4v) is 3.25. The normalized spacial score (nSPS) is 12.0. The number of hydrogen-bond acceptors (Lipinski definition) is 4. The lowest BCUT2D eigenvalue weighted by molar-refractivity contribution is -0.143. The molecule has 0 saturated heterocycles. The van der Waals surface area contributed by atoms with Gasteiger partial charge in [0.05, 0.1) is 11.5 Å². The molecule has 0 atom stereocenters. The number of hydrogen-bond donors (Lipinski definition) is 0. The first-order valence-corrected chi connectivity index (χ1v) is 7.76. The fraction of sp³-hybridized carbons (Fsp3) is 0.462. The maximum Gasteiger partial charge on any atom is 0.321 e. The molecule has 0 fully saturated rings. The minimum Gasteiger partial charge on any atom is -0.465 e. The maximum absolute atomic E-state index is 13.2. The molecule has 8 heteroatoms. The second-order valence-corrected chi connectivity index (χ2v) is 6.42. The van der Waals surface area contributed by atoms with E-state index in [1.807, 2.05) is 0 Å². The number of carbonyl (C=O) groups is 1. The summed E-state index contributed by atoms with van der Waals surface area (Å²) in [4.78, 5) is 11.1. The van der Waals surface area contributed by atoms with Crippen molar-refractivity contribution in [3.8, 4) is 0 Å². The molecule has 0 unspecified atom stereocenters. The third-order valence-corrected chi connectivity index (χ3v) is 4.68. The Morgan fingerprint density at radius 2 is 1.90 bits per heavy atom. The van der Waals surface area contributed by atoms with Gasteiger partial charge in [0, 0.05) is 6.04 Å². The molecule has 0 amide bonds. The Kier molecular flexibility index (Phi) is 5.79. The van der Waals surface area contributed by atoms with Crippen molar-refractivity contribution in [2.24, 2.45) is 0 Å². The predicted octanol–water partition coefficient (Wildman–Crippen LogP) is 1.93. The molecule has 0 aromatic heterocycles. The van der Waals surface area contributed by atoms with Crippen LogP contribution in [0.3, 0.4) is 0 Å². The van der Waals surface area contributed by atoms with Gasteiger partial charge in [0.25, 0.3) is 0 Å². The summed E-state index contributed by atoms with van der Waals surface area (Å²) in [6, 6.07) is 1.72. The van der Waals surface area contributed by atoms with Crippen molar-refractivity contribution in [2.45, 2.75) is 31.7 Å². The number of carbonyl (C=O) groups excluding carboxylic acids is 1. The molecule has 0 heterocycles. The van der Waals surface area contributed by atoms with E-state index in [1.54, 1.807) is 20.8 Å². The molecule has 0 aliphatic heterocycles. The molecule has 0 spiro atoms. The van der Waals surface area contributed by atoms with Crippen LogP contribution in [-0.2, 0) is 19.6 Å². The van der Waals surface area contributed by atoms with Gasteiger partial charge in [-0.25, -0.2) is 17.2 Å². The molecular weight excluding hydrogens is 304 g/mol. The first kappa shape index (κ1) is 17.5. The molecule has 0 radical (unpaired) electrons. The Hall–Kier alpha value is -1.54. The van der Waals surface area contributed by atoms with Crippen molar-refractivity contribution in [3.05, 3.63) is 29.8 Å². The Balaban J connectivity index is 3.15. The number of esters is 1. The molecule has 1 aromatic rings. The summed E-state index contributed by atoms with van der Waals surface area (Å²) in [5, 5.41) is 0. The minimum atomic E-state index is -4.13. The van der Waals surface area contributed by atoms with E-state index in [-0.39, 0.29) is 6.61 Å². The van der Waals surface area contributed by atoms with Crippen LogP contribution in [0.2, 0.25) is 0 Å². The first-order chi connectivity index (χ1) is 9.70. The minimum absolute atomic E-state index is 0.121. The quantitative estimate of drug-likeness (QED) is 0.751. The van der Waals surface area contributed by atoms with Crippen molar-refractivity contribution in [2.75, 3.05) is 13.2 Å². The standard InChI is InChI=1S/C13H17F2NO4S/c1-4-20-13(17)8-16(9(2)3)21(18,19)10-5-6-11(14)12(15)7-10/h5-7,9H,4,8H2,1-3H3. The van der Waals surface area contributed by atoms with Gasteiger partial charge in [-0.1, -0.05) is 0 Å². The van der Waals surface area contributed by atoms with E-state index in [4.69, 9.17) is 4.74 Å². The van der Waals surface area contributed by atoms with E-state index in [1.165, 1.54) is 0 Å². The van der Waals surface area contributed by atoms with E-state index in [0.717, 1.165) is 16.4 Å². The second-order valence-electron chi connectivity index (χ2n) is 4.52. The van der Waals surface area contributed by atoms with Gasteiger partial charge in [0.2, 0.25) is 10.0 Å². The van der Waals surface area contributed by atoms with Crippen molar-refractivity contribution < 1.29 is 26.7 Å².